The van der Waals surface area contributed by atoms with Crippen molar-refractivity contribution in [2.45, 2.75) is 12.1 Å². The molecule has 0 bridgehead atoms. The quantitative estimate of drug-likeness (QED) is 0.758. The average molecular weight is 263 g/mol. The number of aliphatic hydroxyl groups excluding tert-OH is 1. The molecule has 0 saturated carbocycles. The SMILES string of the molecule is NC(c1ccc2ccccc2c1)C(O)c1ccccc1. The summed E-state index contributed by atoms with van der Waals surface area (Å²) in [5.41, 5.74) is 8.00. The molecule has 2 atom stereocenters. The topological polar surface area (TPSA) is 46.2 Å². The Morgan fingerprint density at radius 1 is 0.700 bits per heavy atom. The summed E-state index contributed by atoms with van der Waals surface area (Å²) in [4.78, 5) is 0. The van der Waals surface area contributed by atoms with Gasteiger partial charge in [0.25, 0.3) is 0 Å². The summed E-state index contributed by atoms with van der Waals surface area (Å²) in [7, 11) is 0. The number of fused-ring (bicyclic) bond motifs is 1. The lowest BCUT2D eigenvalue weighted by molar-refractivity contribution is 0.147. The van der Waals surface area contributed by atoms with Gasteiger partial charge in [-0.05, 0) is 28.0 Å². The van der Waals surface area contributed by atoms with Crippen LogP contribution in [0.25, 0.3) is 10.8 Å². The van der Waals surface area contributed by atoms with E-state index in [9.17, 15) is 5.11 Å². The van der Waals surface area contributed by atoms with E-state index in [0.29, 0.717) is 0 Å². The maximum absolute atomic E-state index is 10.4. The van der Waals surface area contributed by atoms with Gasteiger partial charge in [0.15, 0.2) is 0 Å². The van der Waals surface area contributed by atoms with Crippen LogP contribution in [0.2, 0.25) is 0 Å². The van der Waals surface area contributed by atoms with Crippen LogP contribution < -0.4 is 5.73 Å². The van der Waals surface area contributed by atoms with Crippen LogP contribution in [0.4, 0.5) is 0 Å². The molecule has 0 spiro atoms. The molecule has 3 aromatic carbocycles. The summed E-state index contributed by atoms with van der Waals surface area (Å²) in [5, 5.41) is 12.7. The number of hydrogen-bond donors (Lipinski definition) is 2. The van der Waals surface area contributed by atoms with Crippen molar-refractivity contribution >= 4 is 10.8 Å². The Balaban J connectivity index is 1.94. The van der Waals surface area contributed by atoms with Crippen LogP contribution in [0, 0.1) is 0 Å². The van der Waals surface area contributed by atoms with Gasteiger partial charge in [-0.25, -0.2) is 0 Å². The molecule has 0 amide bonds. The van der Waals surface area contributed by atoms with Gasteiger partial charge in [0.05, 0.1) is 12.1 Å². The summed E-state index contributed by atoms with van der Waals surface area (Å²) in [6.07, 6.45) is -0.697. The summed E-state index contributed by atoms with van der Waals surface area (Å²) in [6.45, 7) is 0. The monoisotopic (exact) mass is 263 g/mol. The zero-order chi connectivity index (χ0) is 13.9. The zero-order valence-electron chi connectivity index (χ0n) is 11.1. The lowest BCUT2D eigenvalue weighted by atomic mass is 9.95. The Morgan fingerprint density at radius 3 is 2.10 bits per heavy atom. The van der Waals surface area contributed by atoms with E-state index in [0.717, 1.165) is 16.5 Å². The number of hydrogen-bond acceptors (Lipinski definition) is 2. The molecule has 2 heteroatoms. The van der Waals surface area contributed by atoms with Crippen molar-refractivity contribution in [1.29, 1.82) is 0 Å². The smallest absolute Gasteiger partial charge is 0.0982 e. The lowest BCUT2D eigenvalue weighted by Crippen LogP contribution is -2.19. The Morgan fingerprint density at radius 2 is 1.35 bits per heavy atom. The van der Waals surface area contributed by atoms with Crippen LogP contribution >= 0.6 is 0 Å². The molecule has 3 rings (SSSR count). The Labute approximate surface area is 118 Å². The summed E-state index contributed by atoms with van der Waals surface area (Å²) in [6, 6.07) is 23.3. The number of benzene rings is 3. The predicted molar refractivity (Wildman–Crippen MR) is 82.3 cm³/mol. The molecular weight excluding hydrogens is 246 g/mol. The van der Waals surface area contributed by atoms with Crippen molar-refractivity contribution in [1.82, 2.24) is 0 Å². The van der Waals surface area contributed by atoms with E-state index in [4.69, 9.17) is 5.73 Å². The minimum absolute atomic E-state index is 0.429. The molecular formula is C18H17NO. The van der Waals surface area contributed by atoms with Crippen LogP contribution in [0.1, 0.15) is 23.3 Å². The highest BCUT2D eigenvalue weighted by molar-refractivity contribution is 5.83. The van der Waals surface area contributed by atoms with Gasteiger partial charge >= 0.3 is 0 Å². The molecule has 0 aromatic heterocycles. The molecule has 2 nitrogen and oxygen atoms in total. The Kier molecular flexibility index (Phi) is 3.50. The van der Waals surface area contributed by atoms with Gasteiger partial charge in [-0.3, -0.25) is 0 Å². The second kappa shape index (κ2) is 5.45. The number of rotatable bonds is 3. The molecule has 100 valence electrons. The molecule has 0 fully saturated rings. The van der Waals surface area contributed by atoms with Crippen LogP contribution in [-0.4, -0.2) is 5.11 Å². The Bertz CT molecular complexity index is 709. The highest BCUT2D eigenvalue weighted by Gasteiger charge is 2.18. The first-order chi connectivity index (χ1) is 9.75. The average Bonchev–Trinajstić information content (AvgIpc) is 2.54. The van der Waals surface area contributed by atoms with Crippen molar-refractivity contribution in [2.24, 2.45) is 5.73 Å². The van der Waals surface area contributed by atoms with Crippen molar-refractivity contribution in [3.8, 4) is 0 Å². The number of aliphatic hydroxyl groups is 1. The normalized spacial score (nSPS) is 14.1. The Hall–Kier alpha value is -2.16. The molecule has 2 unspecified atom stereocenters. The third-order valence-electron chi connectivity index (χ3n) is 3.64. The van der Waals surface area contributed by atoms with E-state index < -0.39 is 12.1 Å². The molecule has 0 aliphatic carbocycles. The van der Waals surface area contributed by atoms with Gasteiger partial charge in [-0.1, -0.05) is 66.7 Å². The van der Waals surface area contributed by atoms with Gasteiger partial charge in [-0.2, -0.15) is 0 Å². The van der Waals surface area contributed by atoms with Gasteiger partial charge < -0.3 is 10.8 Å². The molecule has 3 N–H and O–H groups in total. The highest BCUT2D eigenvalue weighted by Crippen LogP contribution is 2.28. The first kappa shape index (κ1) is 12.9. The minimum Gasteiger partial charge on any atom is -0.386 e. The van der Waals surface area contributed by atoms with Crippen molar-refractivity contribution in [2.75, 3.05) is 0 Å². The van der Waals surface area contributed by atoms with Gasteiger partial charge in [0.2, 0.25) is 0 Å². The molecule has 0 heterocycles. The first-order valence-electron chi connectivity index (χ1n) is 6.73. The van der Waals surface area contributed by atoms with Crippen LogP contribution in [0.3, 0.4) is 0 Å². The van der Waals surface area contributed by atoms with E-state index in [1.807, 2.05) is 60.7 Å². The van der Waals surface area contributed by atoms with Crippen molar-refractivity contribution in [3.63, 3.8) is 0 Å². The fourth-order valence-electron chi connectivity index (χ4n) is 2.45. The minimum atomic E-state index is -0.697. The summed E-state index contributed by atoms with van der Waals surface area (Å²) in [5.74, 6) is 0. The first-order valence-corrected chi connectivity index (χ1v) is 6.73. The predicted octanol–water partition coefficient (Wildman–Crippen LogP) is 3.57. The number of nitrogens with two attached hydrogens (primary N) is 1. The van der Waals surface area contributed by atoms with Crippen molar-refractivity contribution < 1.29 is 5.11 Å². The van der Waals surface area contributed by atoms with Crippen molar-refractivity contribution in [3.05, 3.63) is 83.9 Å². The van der Waals surface area contributed by atoms with Crippen LogP contribution in [-0.2, 0) is 0 Å². The van der Waals surface area contributed by atoms with Gasteiger partial charge in [-0.15, -0.1) is 0 Å². The van der Waals surface area contributed by atoms with E-state index in [-0.39, 0.29) is 0 Å². The summed E-state index contributed by atoms with van der Waals surface area (Å²) >= 11 is 0. The molecule has 0 saturated heterocycles. The fraction of sp³-hybridized carbons (Fsp3) is 0.111. The molecule has 3 aromatic rings. The third-order valence-corrected chi connectivity index (χ3v) is 3.64. The van der Waals surface area contributed by atoms with Gasteiger partial charge in [0.1, 0.15) is 0 Å². The fourth-order valence-corrected chi connectivity index (χ4v) is 2.45. The lowest BCUT2D eigenvalue weighted by Gasteiger charge is -2.20. The highest BCUT2D eigenvalue weighted by atomic mass is 16.3. The van der Waals surface area contributed by atoms with E-state index in [1.165, 1.54) is 5.39 Å². The zero-order valence-corrected chi connectivity index (χ0v) is 11.1. The largest absolute Gasteiger partial charge is 0.386 e. The molecule has 0 aliphatic heterocycles. The van der Waals surface area contributed by atoms with E-state index >= 15 is 0 Å². The maximum Gasteiger partial charge on any atom is 0.0982 e. The third kappa shape index (κ3) is 2.44. The van der Waals surface area contributed by atoms with Gasteiger partial charge in [0, 0.05) is 0 Å². The standard InChI is InChI=1S/C18H17NO/c19-17(18(20)14-7-2-1-3-8-14)16-11-10-13-6-4-5-9-15(13)12-16/h1-12,17-18,20H,19H2. The molecule has 20 heavy (non-hydrogen) atoms. The van der Waals surface area contributed by atoms with Crippen LogP contribution in [0.5, 0.6) is 0 Å². The van der Waals surface area contributed by atoms with E-state index in [1.54, 1.807) is 0 Å². The van der Waals surface area contributed by atoms with Crippen LogP contribution in [0.15, 0.2) is 72.8 Å². The molecule has 0 radical (unpaired) electrons. The second-order valence-corrected chi connectivity index (χ2v) is 4.99. The summed E-state index contributed by atoms with van der Waals surface area (Å²) < 4.78 is 0. The molecule has 0 aliphatic rings. The second-order valence-electron chi connectivity index (χ2n) is 4.99. The maximum atomic E-state index is 10.4. The van der Waals surface area contributed by atoms with E-state index in [2.05, 4.69) is 12.1 Å².